The highest BCUT2D eigenvalue weighted by Crippen LogP contribution is 2.29. The Morgan fingerprint density at radius 1 is 1.29 bits per heavy atom. The number of nitrogens with one attached hydrogen (secondary N) is 1. The third-order valence-corrected chi connectivity index (χ3v) is 4.20. The number of anilines is 1. The molecule has 3 rings (SSSR count). The molecule has 21 heavy (non-hydrogen) atoms. The number of aromatic amines is 1. The molecule has 1 aromatic carbocycles. The van der Waals surface area contributed by atoms with Crippen molar-refractivity contribution >= 4 is 5.82 Å². The van der Waals surface area contributed by atoms with Crippen molar-refractivity contribution in [2.45, 2.75) is 45.1 Å². The van der Waals surface area contributed by atoms with E-state index in [1.165, 1.54) is 24.8 Å². The number of ether oxygens (including phenoxy) is 1. The zero-order valence-electron chi connectivity index (χ0n) is 12.6. The molecule has 2 heterocycles. The molecule has 0 aliphatic carbocycles. The summed E-state index contributed by atoms with van der Waals surface area (Å²) >= 11 is 0. The Labute approximate surface area is 125 Å². The van der Waals surface area contributed by atoms with E-state index in [0.717, 1.165) is 36.3 Å². The fourth-order valence-corrected chi connectivity index (χ4v) is 2.96. The van der Waals surface area contributed by atoms with Crippen LogP contribution < -0.4 is 5.73 Å². The number of hydrogen-bond donors (Lipinski definition) is 2. The maximum atomic E-state index is 6.05. The number of H-pyrrole nitrogens is 1. The van der Waals surface area contributed by atoms with Crippen molar-refractivity contribution in [3.8, 4) is 11.1 Å². The van der Waals surface area contributed by atoms with Gasteiger partial charge in [0.2, 0.25) is 0 Å². The van der Waals surface area contributed by atoms with Gasteiger partial charge >= 0.3 is 0 Å². The lowest BCUT2D eigenvalue weighted by Crippen LogP contribution is -2.19. The first-order valence-electron chi connectivity index (χ1n) is 7.75. The van der Waals surface area contributed by atoms with Gasteiger partial charge in [-0.1, -0.05) is 29.8 Å². The second-order valence-corrected chi connectivity index (χ2v) is 5.86. The minimum atomic E-state index is 0.383. The summed E-state index contributed by atoms with van der Waals surface area (Å²) in [5.74, 6) is 0.582. The Morgan fingerprint density at radius 3 is 2.81 bits per heavy atom. The summed E-state index contributed by atoms with van der Waals surface area (Å²) in [4.78, 5) is 0. The summed E-state index contributed by atoms with van der Waals surface area (Å²) in [6.07, 6.45) is 5.99. The summed E-state index contributed by atoms with van der Waals surface area (Å²) in [6, 6.07) is 8.43. The van der Waals surface area contributed by atoms with Crippen LogP contribution in [0.25, 0.3) is 11.1 Å². The smallest absolute Gasteiger partial charge is 0.153 e. The molecule has 0 radical (unpaired) electrons. The lowest BCUT2D eigenvalue weighted by molar-refractivity contribution is 0.0114. The van der Waals surface area contributed by atoms with Crippen molar-refractivity contribution in [3.63, 3.8) is 0 Å². The predicted octanol–water partition coefficient (Wildman–Crippen LogP) is 3.47. The first-order valence-corrected chi connectivity index (χ1v) is 7.75. The zero-order chi connectivity index (χ0) is 14.7. The molecule has 0 saturated carbocycles. The van der Waals surface area contributed by atoms with Crippen LogP contribution in [0.4, 0.5) is 5.82 Å². The molecule has 0 amide bonds. The minimum absolute atomic E-state index is 0.383. The number of aromatic nitrogens is 2. The first-order chi connectivity index (χ1) is 10.2. The monoisotopic (exact) mass is 285 g/mol. The lowest BCUT2D eigenvalue weighted by atomic mass is 9.98. The van der Waals surface area contributed by atoms with E-state index in [4.69, 9.17) is 10.5 Å². The predicted molar refractivity (Wildman–Crippen MR) is 85.1 cm³/mol. The molecule has 0 bridgehead atoms. The first kappa shape index (κ1) is 14.1. The molecule has 1 aromatic heterocycles. The Balaban J connectivity index is 1.75. The average Bonchev–Trinajstić information content (AvgIpc) is 2.88. The van der Waals surface area contributed by atoms with Gasteiger partial charge in [-0.05, 0) is 44.6 Å². The highest BCUT2D eigenvalue weighted by Gasteiger charge is 2.17. The van der Waals surface area contributed by atoms with E-state index < -0.39 is 0 Å². The van der Waals surface area contributed by atoms with Crippen LogP contribution in [0.5, 0.6) is 0 Å². The van der Waals surface area contributed by atoms with Gasteiger partial charge < -0.3 is 10.5 Å². The second kappa shape index (κ2) is 6.31. The van der Waals surface area contributed by atoms with E-state index in [0.29, 0.717) is 11.9 Å². The van der Waals surface area contributed by atoms with Crippen molar-refractivity contribution in [3.05, 3.63) is 35.5 Å². The molecule has 1 unspecified atom stereocenters. The molecule has 1 saturated heterocycles. The fraction of sp³-hybridized carbons (Fsp3) is 0.471. The van der Waals surface area contributed by atoms with E-state index in [1.807, 2.05) is 0 Å². The number of nitrogens with two attached hydrogens (primary N) is 1. The highest BCUT2D eigenvalue weighted by atomic mass is 16.5. The molecule has 4 nitrogen and oxygen atoms in total. The van der Waals surface area contributed by atoms with Crippen molar-refractivity contribution in [1.82, 2.24) is 10.2 Å². The van der Waals surface area contributed by atoms with Crippen molar-refractivity contribution in [2.24, 2.45) is 0 Å². The van der Waals surface area contributed by atoms with Gasteiger partial charge in [0.1, 0.15) is 0 Å². The van der Waals surface area contributed by atoms with Gasteiger partial charge in [-0.25, -0.2) is 0 Å². The molecular weight excluding hydrogens is 262 g/mol. The lowest BCUT2D eigenvalue weighted by Gasteiger charge is -2.22. The molecule has 1 atom stereocenters. The van der Waals surface area contributed by atoms with Crippen LogP contribution in [0, 0.1) is 6.92 Å². The minimum Gasteiger partial charge on any atom is -0.382 e. The number of nitrogen functional groups attached to an aromatic ring is 1. The third kappa shape index (κ3) is 3.27. The van der Waals surface area contributed by atoms with Crippen LogP contribution in [0.1, 0.15) is 36.9 Å². The SMILES string of the molecule is Cc1ccc(-c2c(N)n[nH]c2CCC2CCCCO2)cc1. The highest BCUT2D eigenvalue weighted by molar-refractivity contribution is 5.76. The summed E-state index contributed by atoms with van der Waals surface area (Å²) in [5, 5.41) is 7.29. The summed E-state index contributed by atoms with van der Waals surface area (Å²) < 4.78 is 5.80. The number of benzene rings is 1. The molecule has 3 N–H and O–H groups in total. The second-order valence-electron chi connectivity index (χ2n) is 5.86. The van der Waals surface area contributed by atoms with E-state index in [9.17, 15) is 0 Å². The van der Waals surface area contributed by atoms with Gasteiger partial charge in [0.05, 0.1) is 6.10 Å². The van der Waals surface area contributed by atoms with Gasteiger partial charge in [-0.15, -0.1) is 0 Å². The van der Waals surface area contributed by atoms with Crippen LogP contribution in [-0.4, -0.2) is 22.9 Å². The number of nitrogens with zero attached hydrogens (tertiary/aromatic N) is 1. The largest absolute Gasteiger partial charge is 0.382 e. The zero-order valence-corrected chi connectivity index (χ0v) is 12.6. The quantitative estimate of drug-likeness (QED) is 0.904. The number of rotatable bonds is 4. The molecular formula is C17H23N3O. The summed E-state index contributed by atoms with van der Waals surface area (Å²) in [7, 11) is 0. The van der Waals surface area contributed by atoms with Gasteiger partial charge in [0, 0.05) is 17.9 Å². The average molecular weight is 285 g/mol. The van der Waals surface area contributed by atoms with Crippen molar-refractivity contribution in [1.29, 1.82) is 0 Å². The molecule has 112 valence electrons. The van der Waals surface area contributed by atoms with E-state index >= 15 is 0 Å². The van der Waals surface area contributed by atoms with Gasteiger partial charge in [0.25, 0.3) is 0 Å². The van der Waals surface area contributed by atoms with Crippen molar-refractivity contribution in [2.75, 3.05) is 12.3 Å². The number of hydrogen-bond acceptors (Lipinski definition) is 3. The van der Waals surface area contributed by atoms with Crippen LogP contribution >= 0.6 is 0 Å². The fourth-order valence-electron chi connectivity index (χ4n) is 2.96. The molecule has 4 heteroatoms. The van der Waals surface area contributed by atoms with Crippen LogP contribution in [0.15, 0.2) is 24.3 Å². The van der Waals surface area contributed by atoms with Gasteiger partial charge in [-0.3, -0.25) is 5.10 Å². The third-order valence-electron chi connectivity index (χ3n) is 4.20. The molecule has 1 aliphatic rings. The van der Waals surface area contributed by atoms with Crippen LogP contribution in [-0.2, 0) is 11.2 Å². The van der Waals surface area contributed by atoms with E-state index in [1.54, 1.807) is 0 Å². The van der Waals surface area contributed by atoms with E-state index in [-0.39, 0.29) is 0 Å². The summed E-state index contributed by atoms with van der Waals surface area (Å²) in [6.45, 7) is 2.99. The standard InChI is InChI=1S/C17H23N3O/c1-12-5-7-13(8-6-12)16-15(19-20-17(16)18)10-9-14-4-2-3-11-21-14/h5-8,14H,2-4,9-11H2,1H3,(H3,18,19,20). The normalized spacial score (nSPS) is 18.8. The van der Waals surface area contributed by atoms with Crippen LogP contribution in [0.3, 0.4) is 0 Å². The van der Waals surface area contributed by atoms with Gasteiger partial charge in [-0.2, -0.15) is 5.10 Å². The topological polar surface area (TPSA) is 63.9 Å². The Morgan fingerprint density at radius 2 is 2.10 bits per heavy atom. The Bertz CT molecular complexity index is 583. The maximum Gasteiger partial charge on any atom is 0.153 e. The Hall–Kier alpha value is -1.81. The maximum absolute atomic E-state index is 6.05. The molecule has 1 fully saturated rings. The van der Waals surface area contributed by atoms with Gasteiger partial charge in [0.15, 0.2) is 5.82 Å². The number of aryl methyl sites for hydroxylation is 2. The van der Waals surface area contributed by atoms with Crippen LogP contribution in [0.2, 0.25) is 0 Å². The molecule has 2 aromatic rings. The van der Waals surface area contributed by atoms with Crippen molar-refractivity contribution < 1.29 is 4.74 Å². The molecule has 0 spiro atoms. The molecule has 1 aliphatic heterocycles. The Kier molecular flexibility index (Phi) is 4.25. The van der Waals surface area contributed by atoms with E-state index in [2.05, 4.69) is 41.4 Å². The summed E-state index contributed by atoms with van der Waals surface area (Å²) in [5.41, 5.74) is 10.6.